The first-order valence-corrected chi connectivity index (χ1v) is 4.07. The molecule has 0 aliphatic carbocycles. The molecule has 0 radical (unpaired) electrons. The molecule has 0 saturated carbocycles. The summed E-state index contributed by atoms with van der Waals surface area (Å²) < 4.78 is 5.59. The molecule has 0 amide bonds. The third-order valence-corrected chi connectivity index (χ3v) is 1.85. The molecule has 1 unspecified atom stereocenters. The molecule has 1 N–H and O–H groups in total. The molecule has 0 bridgehead atoms. The molecule has 1 saturated heterocycles. The average Bonchev–Trinajstić information content (AvgIpc) is 2.59. The number of nitrogens with zero attached hydrogens (tertiary/aromatic N) is 2. The summed E-state index contributed by atoms with van der Waals surface area (Å²) in [6.45, 7) is 1.97. The summed E-state index contributed by atoms with van der Waals surface area (Å²) in [4.78, 5) is 7.74. The van der Waals surface area contributed by atoms with Gasteiger partial charge in [-0.2, -0.15) is 0 Å². The van der Waals surface area contributed by atoms with Gasteiger partial charge >= 0.3 is 0 Å². The summed E-state index contributed by atoms with van der Waals surface area (Å²) >= 11 is 0. The smallest absolute Gasteiger partial charge is 0.156 e. The Morgan fingerprint density at radius 2 is 2.25 bits per heavy atom. The largest absolute Gasteiger partial charge is 0.486 e. The molecule has 1 aromatic rings. The van der Waals surface area contributed by atoms with E-state index in [4.69, 9.17) is 4.74 Å². The van der Waals surface area contributed by atoms with Crippen LogP contribution >= 0.6 is 0 Å². The third-order valence-electron chi connectivity index (χ3n) is 1.85. The highest BCUT2D eigenvalue weighted by Crippen LogP contribution is 2.10. The van der Waals surface area contributed by atoms with Crippen LogP contribution in [0, 0.1) is 0 Å². The van der Waals surface area contributed by atoms with Gasteiger partial charge in [0, 0.05) is 6.54 Å². The quantitative estimate of drug-likeness (QED) is 0.681. The highest BCUT2D eigenvalue weighted by Gasteiger charge is 2.15. The van der Waals surface area contributed by atoms with Crippen LogP contribution in [-0.2, 0) is 0 Å². The van der Waals surface area contributed by atoms with Crippen LogP contribution in [0.4, 0.5) is 0 Å². The van der Waals surface area contributed by atoms with Crippen molar-refractivity contribution in [3.05, 3.63) is 18.7 Å². The number of nitrogens with one attached hydrogen (secondary N) is 1. The van der Waals surface area contributed by atoms with E-state index in [0.717, 1.165) is 25.3 Å². The van der Waals surface area contributed by atoms with Crippen LogP contribution in [0.15, 0.2) is 18.7 Å². The molecular formula is C8H11N3O. The predicted molar refractivity (Wildman–Crippen MR) is 43.9 cm³/mol. The second-order valence-electron chi connectivity index (χ2n) is 2.81. The lowest BCUT2D eigenvalue weighted by Crippen LogP contribution is -2.19. The third kappa shape index (κ3) is 1.71. The van der Waals surface area contributed by atoms with E-state index in [2.05, 4.69) is 15.3 Å². The Morgan fingerprint density at radius 1 is 1.42 bits per heavy atom. The van der Waals surface area contributed by atoms with E-state index in [1.807, 2.05) is 0 Å². The van der Waals surface area contributed by atoms with Crippen LogP contribution in [0.1, 0.15) is 6.42 Å². The molecule has 4 nitrogen and oxygen atoms in total. The van der Waals surface area contributed by atoms with Crippen molar-refractivity contribution in [1.29, 1.82) is 0 Å². The van der Waals surface area contributed by atoms with Crippen molar-refractivity contribution in [3.8, 4) is 5.75 Å². The van der Waals surface area contributed by atoms with Gasteiger partial charge < -0.3 is 10.1 Å². The summed E-state index contributed by atoms with van der Waals surface area (Å²) in [7, 11) is 0. The normalized spacial score (nSPS) is 22.5. The number of aromatic nitrogens is 2. The molecule has 1 atom stereocenters. The van der Waals surface area contributed by atoms with E-state index in [0.29, 0.717) is 0 Å². The van der Waals surface area contributed by atoms with E-state index in [1.165, 1.54) is 6.33 Å². The van der Waals surface area contributed by atoms with Crippen molar-refractivity contribution in [1.82, 2.24) is 15.3 Å². The first kappa shape index (κ1) is 7.49. The van der Waals surface area contributed by atoms with Crippen molar-refractivity contribution in [2.45, 2.75) is 12.5 Å². The predicted octanol–water partition coefficient (Wildman–Crippen LogP) is 0.217. The van der Waals surface area contributed by atoms with Crippen LogP contribution in [0.2, 0.25) is 0 Å². The van der Waals surface area contributed by atoms with Crippen molar-refractivity contribution >= 4 is 0 Å². The molecule has 2 rings (SSSR count). The average molecular weight is 165 g/mol. The molecule has 64 valence electrons. The van der Waals surface area contributed by atoms with E-state index in [-0.39, 0.29) is 6.10 Å². The van der Waals surface area contributed by atoms with Gasteiger partial charge in [0.05, 0.1) is 12.4 Å². The van der Waals surface area contributed by atoms with Crippen molar-refractivity contribution in [2.24, 2.45) is 0 Å². The molecule has 1 aliphatic rings. The first-order chi connectivity index (χ1) is 5.95. The highest BCUT2D eigenvalue weighted by atomic mass is 16.5. The highest BCUT2D eigenvalue weighted by molar-refractivity contribution is 5.10. The van der Waals surface area contributed by atoms with Gasteiger partial charge in [-0.3, -0.25) is 0 Å². The fourth-order valence-corrected chi connectivity index (χ4v) is 1.27. The Morgan fingerprint density at radius 3 is 2.92 bits per heavy atom. The van der Waals surface area contributed by atoms with E-state index in [9.17, 15) is 0 Å². The van der Waals surface area contributed by atoms with Gasteiger partial charge in [0.2, 0.25) is 0 Å². The fourth-order valence-electron chi connectivity index (χ4n) is 1.27. The summed E-state index contributed by atoms with van der Waals surface area (Å²) in [5, 5.41) is 3.23. The van der Waals surface area contributed by atoms with Crippen LogP contribution in [0.5, 0.6) is 5.75 Å². The molecule has 4 heteroatoms. The second kappa shape index (κ2) is 3.49. The van der Waals surface area contributed by atoms with Gasteiger partial charge in [-0.1, -0.05) is 0 Å². The van der Waals surface area contributed by atoms with Gasteiger partial charge in [-0.05, 0) is 13.0 Å². The molecule has 12 heavy (non-hydrogen) atoms. The minimum absolute atomic E-state index is 0.288. The van der Waals surface area contributed by atoms with Crippen LogP contribution < -0.4 is 10.1 Å². The summed E-state index contributed by atoms with van der Waals surface area (Å²) in [6, 6.07) is 0. The van der Waals surface area contributed by atoms with Gasteiger partial charge in [0.1, 0.15) is 12.4 Å². The molecule has 2 heterocycles. The lowest BCUT2D eigenvalue weighted by atomic mass is 10.3. The number of rotatable bonds is 2. The van der Waals surface area contributed by atoms with Crippen molar-refractivity contribution in [2.75, 3.05) is 13.1 Å². The monoisotopic (exact) mass is 165 g/mol. The Labute approximate surface area is 71.0 Å². The first-order valence-electron chi connectivity index (χ1n) is 4.07. The lowest BCUT2D eigenvalue weighted by Gasteiger charge is -2.10. The topological polar surface area (TPSA) is 47.0 Å². The maximum absolute atomic E-state index is 5.59. The molecular weight excluding hydrogens is 154 g/mol. The lowest BCUT2D eigenvalue weighted by molar-refractivity contribution is 0.221. The van der Waals surface area contributed by atoms with E-state index in [1.54, 1.807) is 12.4 Å². The minimum Gasteiger partial charge on any atom is -0.486 e. The van der Waals surface area contributed by atoms with Crippen LogP contribution in [-0.4, -0.2) is 29.2 Å². The molecule has 0 aromatic carbocycles. The molecule has 1 fully saturated rings. The maximum Gasteiger partial charge on any atom is 0.156 e. The molecule has 1 aliphatic heterocycles. The number of ether oxygens (including phenoxy) is 1. The number of hydrogen-bond acceptors (Lipinski definition) is 4. The zero-order chi connectivity index (χ0) is 8.23. The Bertz CT molecular complexity index is 233. The Kier molecular flexibility index (Phi) is 2.18. The van der Waals surface area contributed by atoms with Gasteiger partial charge in [-0.25, -0.2) is 9.97 Å². The van der Waals surface area contributed by atoms with Gasteiger partial charge in [0.15, 0.2) is 5.75 Å². The zero-order valence-corrected chi connectivity index (χ0v) is 6.73. The zero-order valence-electron chi connectivity index (χ0n) is 6.73. The summed E-state index contributed by atoms with van der Waals surface area (Å²) in [6.07, 6.45) is 6.22. The fraction of sp³-hybridized carbons (Fsp3) is 0.500. The summed E-state index contributed by atoms with van der Waals surface area (Å²) in [5.41, 5.74) is 0. The van der Waals surface area contributed by atoms with E-state index >= 15 is 0 Å². The Hall–Kier alpha value is -1.16. The SMILES string of the molecule is c1ncc(OC2CCNC2)cn1. The van der Waals surface area contributed by atoms with Crippen molar-refractivity contribution < 1.29 is 4.74 Å². The van der Waals surface area contributed by atoms with Crippen LogP contribution in [0.3, 0.4) is 0 Å². The molecule has 0 spiro atoms. The molecule has 1 aromatic heterocycles. The van der Waals surface area contributed by atoms with Crippen LogP contribution in [0.25, 0.3) is 0 Å². The minimum atomic E-state index is 0.288. The van der Waals surface area contributed by atoms with Gasteiger partial charge in [0.25, 0.3) is 0 Å². The number of hydrogen-bond donors (Lipinski definition) is 1. The Balaban J connectivity index is 1.94. The maximum atomic E-state index is 5.59. The van der Waals surface area contributed by atoms with Gasteiger partial charge in [-0.15, -0.1) is 0 Å². The van der Waals surface area contributed by atoms with Crippen molar-refractivity contribution in [3.63, 3.8) is 0 Å². The summed E-state index contributed by atoms with van der Waals surface area (Å²) in [5.74, 6) is 0.756. The standard InChI is InChI=1S/C8H11N3O/c1-2-9-3-7(1)12-8-4-10-6-11-5-8/h4-7,9H,1-3H2. The van der Waals surface area contributed by atoms with E-state index < -0.39 is 0 Å². The second-order valence-corrected chi connectivity index (χ2v) is 2.81.